The second kappa shape index (κ2) is 9.07. The zero-order chi connectivity index (χ0) is 20.0. The van der Waals surface area contributed by atoms with Gasteiger partial charge < -0.3 is 9.47 Å². The molecule has 2 aromatic carbocycles. The maximum Gasteiger partial charge on any atom is 0.279 e. The van der Waals surface area contributed by atoms with E-state index in [1.165, 1.54) is 0 Å². The van der Waals surface area contributed by atoms with Gasteiger partial charge >= 0.3 is 0 Å². The molecule has 0 fully saturated rings. The van der Waals surface area contributed by atoms with Gasteiger partial charge in [0.2, 0.25) is 5.91 Å². The molecule has 0 aliphatic carbocycles. The molecule has 2 aromatic rings. The van der Waals surface area contributed by atoms with Crippen LogP contribution in [0.3, 0.4) is 0 Å². The minimum atomic E-state index is -0.751. The molecule has 0 aliphatic rings. The van der Waals surface area contributed by atoms with Gasteiger partial charge in [0.1, 0.15) is 11.5 Å². The summed E-state index contributed by atoms with van der Waals surface area (Å²) >= 11 is 0. The van der Waals surface area contributed by atoms with Crippen LogP contribution in [-0.2, 0) is 16.0 Å². The molecular formula is C21H26N2O4. The summed E-state index contributed by atoms with van der Waals surface area (Å²) in [5.74, 6) is 0.508. The molecule has 2 N–H and O–H groups in total. The van der Waals surface area contributed by atoms with E-state index in [1.807, 2.05) is 57.2 Å². The fraction of sp³-hybridized carbons (Fsp3) is 0.333. The van der Waals surface area contributed by atoms with Gasteiger partial charge in [-0.3, -0.25) is 20.4 Å². The molecule has 1 atom stereocenters. The molecule has 0 saturated heterocycles. The minimum Gasteiger partial charge on any atom is -0.496 e. The molecule has 2 amide bonds. The summed E-state index contributed by atoms with van der Waals surface area (Å²) in [6, 6.07) is 11.3. The molecule has 1 unspecified atom stereocenters. The Morgan fingerprint density at radius 2 is 1.78 bits per heavy atom. The van der Waals surface area contributed by atoms with E-state index in [4.69, 9.17) is 9.47 Å². The SMILES string of the molecule is COc1ccc(C)cc1CC(=O)NNC(=O)C(C)Oc1cccc(C)c1C. The Balaban J connectivity index is 1.90. The van der Waals surface area contributed by atoms with Crippen LogP contribution in [0.2, 0.25) is 0 Å². The molecule has 0 aromatic heterocycles. The molecule has 0 bridgehead atoms. The van der Waals surface area contributed by atoms with Crippen LogP contribution in [0.5, 0.6) is 11.5 Å². The lowest BCUT2D eigenvalue weighted by Crippen LogP contribution is -2.47. The van der Waals surface area contributed by atoms with Gasteiger partial charge in [0, 0.05) is 5.56 Å². The van der Waals surface area contributed by atoms with Crippen molar-refractivity contribution < 1.29 is 19.1 Å². The average molecular weight is 370 g/mol. The van der Waals surface area contributed by atoms with Gasteiger partial charge in [-0.15, -0.1) is 0 Å². The molecule has 0 aliphatic heterocycles. The Bertz CT molecular complexity index is 833. The van der Waals surface area contributed by atoms with Crippen molar-refractivity contribution in [3.63, 3.8) is 0 Å². The summed E-state index contributed by atoms with van der Waals surface area (Å²) in [7, 11) is 1.56. The Kier molecular flexibility index (Phi) is 6.82. The quantitative estimate of drug-likeness (QED) is 0.767. The number of methoxy groups -OCH3 is 1. The highest BCUT2D eigenvalue weighted by Crippen LogP contribution is 2.22. The minimum absolute atomic E-state index is 0.0946. The zero-order valence-electron chi connectivity index (χ0n) is 16.4. The van der Waals surface area contributed by atoms with Crippen LogP contribution in [0.1, 0.15) is 29.2 Å². The number of amides is 2. The van der Waals surface area contributed by atoms with E-state index >= 15 is 0 Å². The predicted octanol–water partition coefficient (Wildman–Crippen LogP) is 2.78. The third-order valence-electron chi connectivity index (χ3n) is 4.34. The van der Waals surface area contributed by atoms with Crippen LogP contribution in [-0.4, -0.2) is 25.0 Å². The molecule has 0 spiro atoms. The predicted molar refractivity (Wildman–Crippen MR) is 104 cm³/mol. The average Bonchev–Trinajstić information content (AvgIpc) is 2.63. The van der Waals surface area contributed by atoms with Crippen LogP contribution < -0.4 is 20.3 Å². The van der Waals surface area contributed by atoms with Gasteiger partial charge in [-0.2, -0.15) is 0 Å². The lowest BCUT2D eigenvalue weighted by Gasteiger charge is -2.17. The van der Waals surface area contributed by atoms with Gasteiger partial charge in [0.25, 0.3) is 5.91 Å². The molecule has 0 heterocycles. The van der Waals surface area contributed by atoms with E-state index in [-0.39, 0.29) is 12.3 Å². The number of carbonyl (C=O) groups is 2. The third-order valence-corrected chi connectivity index (χ3v) is 4.34. The summed E-state index contributed by atoms with van der Waals surface area (Å²) in [6.45, 7) is 7.49. The van der Waals surface area contributed by atoms with Crippen molar-refractivity contribution in [2.45, 2.75) is 40.2 Å². The van der Waals surface area contributed by atoms with Crippen LogP contribution >= 0.6 is 0 Å². The van der Waals surface area contributed by atoms with Gasteiger partial charge in [-0.1, -0.05) is 29.8 Å². The fourth-order valence-electron chi connectivity index (χ4n) is 2.59. The highest BCUT2D eigenvalue weighted by Gasteiger charge is 2.17. The smallest absolute Gasteiger partial charge is 0.279 e. The first-order valence-corrected chi connectivity index (χ1v) is 8.77. The first-order valence-electron chi connectivity index (χ1n) is 8.77. The van der Waals surface area contributed by atoms with Crippen molar-refractivity contribution in [1.82, 2.24) is 10.9 Å². The van der Waals surface area contributed by atoms with Crippen LogP contribution in [0.15, 0.2) is 36.4 Å². The van der Waals surface area contributed by atoms with Gasteiger partial charge in [-0.05, 0) is 51.0 Å². The Morgan fingerprint density at radius 3 is 2.48 bits per heavy atom. The second-order valence-corrected chi connectivity index (χ2v) is 6.49. The molecule has 6 nitrogen and oxygen atoms in total. The molecular weight excluding hydrogens is 344 g/mol. The number of hydrazine groups is 1. The normalized spacial score (nSPS) is 11.4. The summed E-state index contributed by atoms with van der Waals surface area (Å²) in [5.41, 5.74) is 8.67. The van der Waals surface area contributed by atoms with E-state index in [0.29, 0.717) is 11.5 Å². The number of ether oxygens (including phenoxy) is 2. The van der Waals surface area contributed by atoms with Crippen molar-refractivity contribution >= 4 is 11.8 Å². The molecule has 2 rings (SSSR count). The molecule has 0 saturated carbocycles. The van der Waals surface area contributed by atoms with Crippen molar-refractivity contribution in [3.8, 4) is 11.5 Å². The molecule has 144 valence electrons. The summed E-state index contributed by atoms with van der Waals surface area (Å²) in [5, 5.41) is 0. The van der Waals surface area contributed by atoms with Gasteiger partial charge in [0.05, 0.1) is 13.5 Å². The topological polar surface area (TPSA) is 76.7 Å². The molecule has 27 heavy (non-hydrogen) atoms. The van der Waals surface area contributed by atoms with Crippen molar-refractivity contribution in [1.29, 1.82) is 0 Å². The van der Waals surface area contributed by atoms with E-state index in [9.17, 15) is 9.59 Å². The molecule has 0 radical (unpaired) electrons. The fourth-order valence-corrected chi connectivity index (χ4v) is 2.59. The number of hydrogen-bond acceptors (Lipinski definition) is 4. The van der Waals surface area contributed by atoms with Gasteiger partial charge in [-0.25, -0.2) is 0 Å². The zero-order valence-corrected chi connectivity index (χ0v) is 16.4. The highest BCUT2D eigenvalue weighted by atomic mass is 16.5. The monoisotopic (exact) mass is 370 g/mol. The maximum absolute atomic E-state index is 12.2. The van der Waals surface area contributed by atoms with Crippen LogP contribution in [0, 0.1) is 20.8 Å². The molecule has 6 heteroatoms. The Morgan fingerprint density at radius 1 is 1.04 bits per heavy atom. The van der Waals surface area contributed by atoms with E-state index in [0.717, 1.165) is 22.3 Å². The first-order chi connectivity index (χ1) is 12.8. The van der Waals surface area contributed by atoms with Crippen LogP contribution in [0.4, 0.5) is 0 Å². The number of hydrogen-bond donors (Lipinski definition) is 2. The summed E-state index contributed by atoms with van der Waals surface area (Å²) in [4.78, 5) is 24.4. The summed E-state index contributed by atoms with van der Waals surface area (Å²) < 4.78 is 11.0. The number of carbonyl (C=O) groups excluding carboxylic acids is 2. The van der Waals surface area contributed by atoms with Crippen LogP contribution in [0.25, 0.3) is 0 Å². The number of rotatable bonds is 6. The largest absolute Gasteiger partial charge is 0.496 e. The Labute approximate surface area is 159 Å². The van der Waals surface area contributed by atoms with Crippen molar-refractivity contribution in [3.05, 3.63) is 58.7 Å². The Hall–Kier alpha value is -3.02. The van der Waals surface area contributed by atoms with Gasteiger partial charge in [0.15, 0.2) is 6.10 Å². The van der Waals surface area contributed by atoms with Crippen molar-refractivity contribution in [2.75, 3.05) is 7.11 Å². The van der Waals surface area contributed by atoms with E-state index < -0.39 is 12.0 Å². The first kappa shape index (κ1) is 20.3. The van der Waals surface area contributed by atoms with Crippen molar-refractivity contribution in [2.24, 2.45) is 0 Å². The highest BCUT2D eigenvalue weighted by molar-refractivity contribution is 5.85. The number of aryl methyl sites for hydroxylation is 2. The summed E-state index contributed by atoms with van der Waals surface area (Å²) in [6.07, 6.45) is -0.656. The maximum atomic E-state index is 12.2. The lowest BCUT2D eigenvalue weighted by atomic mass is 10.1. The number of nitrogens with one attached hydrogen (secondary N) is 2. The number of benzene rings is 2. The van der Waals surface area contributed by atoms with E-state index in [2.05, 4.69) is 10.9 Å². The lowest BCUT2D eigenvalue weighted by molar-refractivity contribution is -0.132. The third kappa shape index (κ3) is 5.48. The van der Waals surface area contributed by atoms with E-state index in [1.54, 1.807) is 14.0 Å². The second-order valence-electron chi connectivity index (χ2n) is 6.49. The standard InChI is InChI=1S/C21H26N2O4/c1-13-9-10-19(26-5)17(11-13)12-20(24)22-23-21(25)16(4)27-18-8-6-7-14(2)15(18)3/h6-11,16H,12H2,1-5H3,(H,22,24)(H,23,25).